The van der Waals surface area contributed by atoms with E-state index < -0.39 is 82.2 Å². The molecule has 0 bridgehead atoms. The van der Waals surface area contributed by atoms with Crippen LogP contribution in [0.4, 0.5) is 0 Å². The largest absolute Gasteiger partial charge is 0.508 e. The summed E-state index contributed by atoms with van der Waals surface area (Å²) in [5, 5.41) is 71.0. The summed E-state index contributed by atoms with van der Waals surface area (Å²) in [6.45, 7) is 1.42. The number of phenolic OH excluding ortho intramolecular Hbond substituents is 6. The molecule has 7 N–H and O–H groups in total. The van der Waals surface area contributed by atoms with Crippen LogP contribution < -0.4 is 10.2 Å². The van der Waals surface area contributed by atoms with Crippen molar-refractivity contribution in [2.75, 3.05) is 0 Å². The predicted molar refractivity (Wildman–Crippen MR) is 190 cm³/mol. The minimum Gasteiger partial charge on any atom is -0.508 e. The Kier molecular flexibility index (Phi) is 10.4. The lowest BCUT2D eigenvalue weighted by molar-refractivity contribution is -0.275. The van der Waals surface area contributed by atoms with E-state index in [4.69, 9.17) is 23.4 Å². The van der Waals surface area contributed by atoms with Crippen molar-refractivity contribution in [3.05, 3.63) is 112 Å². The Labute approximate surface area is 305 Å². The van der Waals surface area contributed by atoms with E-state index in [0.717, 1.165) is 36.4 Å². The van der Waals surface area contributed by atoms with Crippen molar-refractivity contribution in [1.29, 1.82) is 0 Å². The van der Waals surface area contributed by atoms with Gasteiger partial charge in [-0.3, -0.25) is 4.79 Å². The van der Waals surface area contributed by atoms with Crippen LogP contribution >= 0.6 is 0 Å². The number of carbonyl (C=O) groups excluding carboxylic acids is 2. The number of rotatable bonds is 9. The molecule has 0 unspecified atom stereocenters. The molecule has 1 saturated heterocycles. The first-order chi connectivity index (χ1) is 25.8. The van der Waals surface area contributed by atoms with Gasteiger partial charge in [0.15, 0.2) is 35.6 Å². The number of hydrogen-bond donors (Lipinski definition) is 7. The zero-order valence-electron chi connectivity index (χ0n) is 28.1. The molecule has 0 amide bonds. The van der Waals surface area contributed by atoms with E-state index in [1.165, 1.54) is 61.5 Å². The van der Waals surface area contributed by atoms with E-state index in [2.05, 4.69) is 0 Å². The lowest BCUT2D eigenvalue weighted by Crippen LogP contribution is -2.61. The summed E-state index contributed by atoms with van der Waals surface area (Å²) in [4.78, 5) is 40.0. The van der Waals surface area contributed by atoms with Crippen LogP contribution in [0.1, 0.15) is 18.1 Å². The number of carbonyl (C=O) groups is 2. The van der Waals surface area contributed by atoms with Crippen LogP contribution in [-0.4, -0.2) is 78.4 Å². The lowest BCUT2D eigenvalue weighted by atomic mass is 9.99. The average molecular weight is 741 g/mol. The van der Waals surface area contributed by atoms with Crippen molar-refractivity contribution in [2.24, 2.45) is 0 Å². The van der Waals surface area contributed by atoms with Gasteiger partial charge in [-0.05, 0) is 72.7 Å². The highest BCUT2D eigenvalue weighted by molar-refractivity contribution is 5.89. The Morgan fingerprint density at radius 2 is 1.26 bits per heavy atom. The molecule has 15 heteroatoms. The molecule has 1 aromatic heterocycles. The van der Waals surface area contributed by atoms with Crippen molar-refractivity contribution in [2.45, 2.75) is 37.6 Å². The van der Waals surface area contributed by atoms with Crippen LogP contribution in [0.25, 0.3) is 34.4 Å². The molecule has 6 rings (SSSR count). The summed E-state index contributed by atoms with van der Waals surface area (Å²) in [7, 11) is 0. The minimum atomic E-state index is -1.96. The Morgan fingerprint density at radius 1 is 0.685 bits per heavy atom. The molecule has 0 radical (unpaired) electrons. The van der Waals surface area contributed by atoms with Gasteiger partial charge in [-0.25, -0.2) is 9.59 Å². The molecule has 0 spiro atoms. The zero-order chi connectivity index (χ0) is 38.7. The van der Waals surface area contributed by atoms with Gasteiger partial charge >= 0.3 is 11.9 Å². The molecule has 15 nitrogen and oxygen atoms in total. The SMILES string of the molecule is C[C@@H]1O[C@@H](Oc2c(-c3ccc(O)c(O)c3)oc3cc(O)cc(O)c3c2=O)[C@H](O)[C@H](OC(=O)/C=C\c2ccc(O)cc2)[C@H]1OC(=O)/C=C\c1ccc(O)cc1. The van der Waals surface area contributed by atoms with E-state index in [1.807, 2.05) is 0 Å². The molecule has 4 aromatic carbocycles. The molecule has 1 aliphatic rings. The maximum atomic E-state index is 13.9. The summed E-state index contributed by atoms with van der Waals surface area (Å²) < 4.78 is 28.9. The van der Waals surface area contributed by atoms with E-state index in [9.17, 15) is 50.1 Å². The van der Waals surface area contributed by atoms with Crippen LogP contribution in [0.15, 0.2) is 100 Å². The van der Waals surface area contributed by atoms with Gasteiger partial charge in [0.2, 0.25) is 17.5 Å². The van der Waals surface area contributed by atoms with Crippen LogP contribution in [0.3, 0.4) is 0 Å². The van der Waals surface area contributed by atoms with Crippen LogP contribution in [0, 0.1) is 0 Å². The van der Waals surface area contributed by atoms with Gasteiger partial charge < -0.3 is 59.1 Å². The monoisotopic (exact) mass is 740 g/mol. The molecule has 5 atom stereocenters. The molecule has 54 heavy (non-hydrogen) atoms. The Hall–Kier alpha value is -6.97. The number of aromatic hydroxyl groups is 6. The van der Waals surface area contributed by atoms with Gasteiger partial charge in [0.05, 0.1) is 6.10 Å². The second-order valence-electron chi connectivity index (χ2n) is 12.1. The summed E-state index contributed by atoms with van der Waals surface area (Å²) in [5.41, 5.74) is -0.248. The molecule has 1 fully saturated rings. The van der Waals surface area contributed by atoms with E-state index in [0.29, 0.717) is 11.1 Å². The van der Waals surface area contributed by atoms with Gasteiger partial charge in [-0.15, -0.1) is 0 Å². The average Bonchev–Trinajstić information content (AvgIpc) is 3.13. The van der Waals surface area contributed by atoms with Gasteiger partial charge in [0.1, 0.15) is 34.0 Å². The second-order valence-corrected chi connectivity index (χ2v) is 12.1. The Morgan fingerprint density at radius 3 is 1.83 bits per heavy atom. The first kappa shape index (κ1) is 36.8. The first-order valence-electron chi connectivity index (χ1n) is 16.2. The molecular weight excluding hydrogens is 708 g/mol. The number of esters is 2. The maximum absolute atomic E-state index is 13.9. The number of aliphatic hydroxyl groups excluding tert-OH is 1. The number of hydrogen-bond acceptors (Lipinski definition) is 15. The summed E-state index contributed by atoms with van der Waals surface area (Å²) in [5.74, 6) is -5.15. The number of aliphatic hydroxyl groups is 1. The van der Waals surface area contributed by atoms with Gasteiger partial charge in [0, 0.05) is 29.8 Å². The second kappa shape index (κ2) is 15.3. The fourth-order valence-corrected chi connectivity index (χ4v) is 5.58. The number of benzene rings is 4. The van der Waals surface area contributed by atoms with Crippen molar-refractivity contribution in [3.63, 3.8) is 0 Å². The number of phenols is 6. The van der Waals surface area contributed by atoms with Gasteiger partial charge in [0.25, 0.3) is 0 Å². The van der Waals surface area contributed by atoms with E-state index in [-0.39, 0.29) is 28.4 Å². The zero-order valence-corrected chi connectivity index (χ0v) is 28.1. The van der Waals surface area contributed by atoms with Crippen molar-refractivity contribution in [1.82, 2.24) is 0 Å². The topological polar surface area (TPSA) is 243 Å². The highest BCUT2D eigenvalue weighted by atomic mass is 16.7. The third-order valence-corrected chi connectivity index (χ3v) is 8.25. The van der Waals surface area contributed by atoms with Gasteiger partial charge in [-0.1, -0.05) is 24.3 Å². The predicted octanol–water partition coefficient (Wildman–Crippen LogP) is 4.43. The minimum absolute atomic E-state index is 0.00313. The molecule has 278 valence electrons. The summed E-state index contributed by atoms with van der Waals surface area (Å²) in [6.07, 6.45) is -3.22. The van der Waals surface area contributed by atoms with Crippen LogP contribution in [-0.2, 0) is 23.8 Å². The molecule has 5 aromatic rings. The van der Waals surface area contributed by atoms with E-state index in [1.54, 1.807) is 12.1 Å². The third kappa shape index (κ3) is 8.07. The van der Waals surface area contributed by atoms with Gasteiger partial charge in [-0.2, -0.15) is 0 Å². The summed E-state index contributed by atoms with van der Waals surface area (Å²) in [6, 6.07) is 17.1. The van der Waals surface area contributed by atoms with Crippen LogP contribution in [0.5, 0.6) is 40.2 Å². The maximum Gasteiger partial charge on any atom is 0.331 e. The fraction of sp³-hybridized carbons (Fsp3) is 0.154. The highest BCUT2D eigenvalue weighted by Crippen LogP contribution is 2.39. The molecule has 0 saturated carbocycles. The van der Waals surface area contributed by atoms with Crippen molar-refractivity contribution < 1.29 is 68.7 Å². The Bertz CT molecular complexity index is 2310. The third-order valence-electron chi connectivity index (χ3n) is 8.25. The lowest BCUT2D eigenvalue weighted by Gasteiger charge is -2.41. The van der Waals surface area contributed by atoms with Crippen LogP contribution in [0.2, 0.25) is 0 Å². The smallest absolute Gasteiger partial charge is 0.331 e. The first-order valence-corrected chi connectivity index (χ1v) is 16.2. The van der Waals surface area contributed by atoms with Crippen molar-refractivity contribution >= 4 is 35.1 Å². The number of ether oxygens (including phenoxy) is 4. The fourth-order valence-electron chi connectivity index (χ4n) is 5.58. The number of fused-ring (bicyclic) bond motifs is 1. The summed E-state index contributed by atoms with van der Waals surface area (Å²) >= 11 is 0. The van der Waals surface area contributed by atoms with E-state index >= 15 is 0 Å². The Balaban J connectivity index is 1.35. The van der Waals surface area contributed by atoms with Crippen molar-refractivity contribution in [3.8, 4) is 51.6 Å². The quantitative estimate of drug-likeness (QED) is 0.0628. The normalized spacial score (nSPS) is 19.9. The molecule has 1 aliphatic heterocycles. The molecular formula is C39H32O15. The standard InChI is InChI=1S/C39H32O15/c1-19-35(52-30(46)14-6-20-2-9-23(40)10-3-20)38(53-31(47)15-7-21-4-11-24(41)12-5-21)34(49)39(50-19)54-37-33(48)32-28(45)17-25(42)18-29(32)51-36(37)22-8-13-26(43)27(44)16-22/h2-19,34-35,38-45,49H,1H3/b14-6-,15-7-/t19-,34+,35-,38-,39-/m0/s1. The highest BCUT2D eigenvalue weighted by Gasteiger charge is 2.49. The molecule has 0 aliphatic carbocycles. The molecule has 2 heterocycles.